The van der Waals surface area contributed by atoms with Gasteiger partial charge in [0.1, 0.15) is 5.75 Å². The molecule has 106 valence electrons. The first-order chi connectivity index (χ1) is 9.56. The Morgan fingerprint density at radius 2 is 1.70 bits per heavy atom. The summed E-state index contributed by atoms with van der Waals surface area (Å²) < 4.78 is 10.7. The number of aromatic nitrogens is 3. The maximum atomic E-state index is 5.88. The van der Waals surface area contributed by atoms with E-state index in [1.54, 1.807) is 18.2 Å². The summed E-state index contributed by atoms with van der Waals surface area (Å²) in [5.74, 6) is 0.406. The smallest absolute Gasteiger partial charge is 0.330 e. The van der Waals surface area contributed by atoms with Gasteiger partial charge in [0.25, 0.3) is 0 Å². The molecule has 2 N–H and O–H groups in total. The van der Waals surface area contributed by atoms with Gasteiger partial charge in [0.2, 0.25) is 5.95 Å². The lowest BCUT2D eigenvalue weighted by Gasteiger charge is -2.07. The van der Waals surface area contributed by atoms with Gasteiger partial charge in [0.05, 0.1) is 6.61 Å². The lowest BCUT2D eigenvalue weighted by Crippen LogP contribution is -2.05. The predicted octanol–water partition coefficient (Wildman–Crippen LogP) is 3.34. The molecule has 0 aliphatic heterocycles. The highest BCUT2D eigenvalue weighted by Gasteiger charge is 2.08. The molecule has 2 aromatic rings. The molecule has 1 heterocycles. The molecule has 0 unspecified atom stereocenters. The molecule has 0 aliphatic rings. The van der Waals surface area contributed by atoms with Crippen LogP contribution in [0.3, 0.4) is 0 Å². The number of ether oxygens (including phenoxy) is 2. The molecule has 0 aliphatic carbocycles. The van der Waals surface area contributed by atoms with Gasteiger partial charge in [0.15, 0.2) is 0 Å². The number of nitrogen functional groups attached to an aromatic ring is 1. The van der Waals surface area contributed by atoms with E-state index in [0.717, 1.165) is 6.42 Å². The van der Waals surface area contributed by atoms with Crippen molar-refractivity contribution in [2.24, 2.45) is 0 Å². The minimum atomic E-state index is 0.00854. The molecule has 0 saturated carbocycles. The van der Waals surface area contributed by atoms with Gasteiger partial charge < -0.3 is 15.2 Å². The van der Waals surface area contributed by atoms with Crippen molar-refractivity contribution < 1.29 is 9.47 Å². The van der Waals surface area contributed by atoms with Crippen LogP contribution in [0, 0.1) is 0 Å². The van der Waals surface area contributed by atoms with Gasteiger partial charge in [-0.3, -0.25) is 0 Å². The zero-order valence-electron chi connectivity index (χ0n) is 10.6. The average molecular weight is 315 g/mol. The van der Waals surface area contributed by atoms with E-state index in [0.29, 0.717) is 22.4 Å². The third-order valence-corrected chi connectivity index (χ3v) is 2.53. The third kappa shape index (κ3) is 4.11. The molecule has 0 spiro atoms. The van der Waals surface area contributed by atoms with Crippen molar-refractivity contribution >= 4 is 29.2 Å². The lowest BCUT2D eigenvalue weighted by atomic mass is 10.3. The number of halogens is 2. The molecule has 20 heavy (non-hydrogen) atoms. The Kier molecular flexibility index (Phi) is 4.81. The number of benzene rings is 1. The van der Waals surface area contributed by atoms with E-state index in [1.807, 2.05) is 6.92 Å². The Balaban J connectivity index is 2.21. The minimum absolute atomic E-state index is 0.00854. The third-order valence-electron chi connectivity index (χ3n) is 2.09. The minimum Gasteiger partial charge on any atom is -0.463 e. The summed E-state index contributed by atoms with van der Waals surface area (Å²) in [6.07, 6.45) is 0.825. The molecule has 0 amide bonds. The van der Waals surface area contributed by atoms with Gasteiger partial charge in [-0.05, 0) is 24.6 Å². The lowest BCUT2D eigenvalue weighted by molar-refractivity contribution is 0.285. The van der Waals surface area contributed by atoms with E-state index >= 15 is 0 Å². The zero-order chi connectivity index (χ0) is 14.5. The number of hydrogen-bond acceptors (Lipinski definition) is 6. The van der Waals surface area contributed by atoms with Gasteiger partial charge in [-0.2, -0.15) is 9.97 Å². The molecular weight excluding hydrogens is 303 g/mol. The van der Waals surface area contributed by atoms with Crippen molar-refractivity contribution in [3.63, 3.8) is 0 Å². The van der Waals surface area contributed by atoms with Gasteiger partial charge in [-0.1, -0.05) is 30.1 Å². The molecule has 0 atom stereocenters. The van der Waals surface area contributed by atoms with E-state index < -0.39 is 0 Å². The Hall–Kier alpha value is -1.79. The summed E-state index contributed by atoms with van der Waals surface area (Å²) in [5.41, 5.74) is 5.57. The average Bonchev–Trinajstić information content (AvgIpc) is 2.34. The van der Waals surface area contributed by atoms with Crippen molar-refractivity contribution in [3.05, 3.63) is 28.2 Å². The van der Waals surface area contributed by atoms with E-state index in [-0.39, 0.29) is 18.0 Å². The van der Waals surface area contributed by atoms with Gasteiger partial charge in [-0.15, -0.1) is 4.98 Å². The maximum Gasteiger partial charge on any atom is 0.330 e. The highest BCUT2D eigenvalue weighted by Crippen LogP contribution is 2.27. The second kappa shape index (κ2) is 6.58. The van der Waals surface area contributed by atoms with Crippen LogP contribution < -0.4 is 15.2 Å². The second-order valence-electron chi connectivity index (χ2n) is 3.81. The number of rotatable bonds is 5. The normalized spacial score (nSPS) is 10.3. The van der Waals surface area contributed by atoms with Crippen LogP contribution in [-0.2, 0) is 0 Å². The van der Waals surface area contributed by atoms with Crippen LogP contribution in [0.15, 0.2) is 18.2 Å². The molecule has 1 aromatic carbocycles. The fraction of sp³-hybridized carbons (Fsp3) is 0.250. The summed E-state index contributed by atoms with van der Waals surface area (Å²) in [6, 6.07) is 4.89. The van der Waals surface area contributed by atoms with Crippen LogP contribution in [-0.4, -0.2) is 21.6 Å². The molecule has 2 rings (SSSR count). The number of nitrogens with zero attached hydrogens (tertiary/aromatic N) is 3. The first-order valence-corrected chi connectivity index (χ1v) is 6.60. The Morgan fingerprint density at radius 3 is 2.35 bits per heavy atom. The van der Waals surface area contributed by atoms with Crippen LogP contribution in [0.5, 0.6) is 17.8 Å². The number of hydrogen-bond donors (Lipinski definition) is 1. The highest BCUT2D eigenvalue weighted by molar-refractivity contribution is 6.34. The largest absolute Gasteiger partial charge is 0.463 e. The van der Waals surface area contributed by atoms with E-state index in [9.17, 15) is 0 Å². The molecule has 0 radical (unpaired) electrons. The SMILES string of the molecule is CCCOc1nc(N)nc(Oc2cc(Cl)cc(Cl)c2)n1. The summed E-state index contributed by atoms with van der Waals surface area (Å²) in [6.45, 7) is 2.45. The van der Waals surface area contributed by atoms with Gasteiger partial charge >= 0.3 is 12.0 Å². The first kappa shape index (κ1) is 14.6. The summed E-state index contributed by atoms with van der Waals surface area (Å²) >= 11 is 11.8. The van der Waals surface area contributed by atoms with Crippen molar-refractivity contribution in [2.75, 3.05) is 12.3 Å². The quantitative estimate of drug-likeness (QED) is 0.911. The monoisotopic (exact) mass is 314 g/mol. The van der Waals surface area contributed by atoms with Gasteiger partial charge in [-0.25, -0.2) is 0 Å². The summed E-state index contributed by atoms with van der Waals surface area (Å²) in [5, 5.41) is 0.883. The van der Waals surface area contributed by atoms with Crippen LogP contribution in [0.25, 0.3) is 0 Å². The van der Waals surface area contributed by atoms with Crippen molar-refractivity contribution in [2.45, 2.75) is 13.3 Å². The summed E-state index contributed by atoms with van der Waals surface area (Å²) in [4.78, 5) is 11.7. The first-order valence-electron chi connectivity index (χ1n) is 5.85. The number of anilines is 1. The van der Waals surface area contributed by atoms with Crippen LogP contribution in [0.1, 0.15) is 13.3 Å². The zero-order valence-corrected chi connectivity index (χ0v) is 12.1. The molecule has 0 fully saturated rings. The molecule has 0 saturated heterocycles. The molecular formula is C12H12Cl2N4O2. The fourth-order valence-electron chi connectivity index (χ4n) is 1.35. The predicted molar refractivity (Wildman–Crippen MR) is 76.6 cm³/mol. The Bertz CT molecular complexity index is 590. The van der Waals surface area contributed by atoms with E-state index in [2.05, 4.69) is 15.0 Å². The summed E-state index contributed by atoms with van der Waals surface area (Å²) in [7, 11) is 0. The standard InChI is InChI=1S/C12H12Cl2N4O2/c1-2-3-19-11-16-10(15)17-12(18-11)20-9-5-7(13)4-8(14)6-9/h4-6H,2-3H2,1H3,(H2,15,16,17,18). The van der Waals surface area contributed by atoms with E-state index in [4.69, 9.17) is 38.4 Å². The molecule has 0 bridgehead atoms. The maximum absolute atomic E-state index is 5.88. The highest BCUT2D eigenvalue weighted by atomic mass is 35.5. The van der Waals surface area contributed by atoms with Crippen LogP contribution in [0.4, 0.5) is 5.95 Å². The van der Waals surface area contributed by atoms with Gasteiger partial charge in [0, 0.05) is 10.0 Å². The van der Waals surface area contributed by atoms with Crippen LogP contribution >= 0.6 is 23.2 Å². The topological polar surface area (TPSA) is 83.2 Å². The van der Waals surface area contributed by atoms with Crippen molar-refractivity contribution in [3.8, 4) is 17.8 Å². The van der Waals surface area contributed by atoms with Crippen molar-refractivity contribution in [1.82, 2.24) is 15.0 Å². The molecule has 6 nitrogen and oxygen atoms in total. The number of nitrogens with two attached hydrogens (primary N) is 1. The molecule has 1 aromatic heterocycles. The Morgan fingerprint density at radius 1 is 1.05 bits per heavy atom. The van der Waals surface area contributed by atoms with Crippen LogP contribution in [0.2, 0.25) is 10.0 Å². The Labute approximate surface area is 125 Å². The fourth-order valence-corrected chi connectivity index (χ4v) is 1.86. The van der Waals surface area contributed by atoms with Crippen molar-refractivity contribution in [1.29, 1.82) is 0 Å². The molecule has 8 heteroatoms. The second-order valence-corrected chi connectivity index (χ2v) is 4.69. The van der Waals surface area contributed by atoms with E-state index in [1.165, 1.54) is 0 Å².